The van der Waals surface area contributed by atoms with E-state index >= 15 is 0 Å². The van der Waals surface area contributed by atoms with Crippen molar-refractivity contribution in [3.05, 3.63) is 0 Å². The van der Waals surface area contributed by atoms with Crippen molar-refractivity contribution in [3.8, 4) is 0 Å². The molecule has 0 aromatic rings. The molecule has 0 radical (unpaired) electrons. The summed E-state index contributed by atoms with van der Waals surface area (Å²) in [6, 6.07) is 0. The maximum Gasteiger partial charge on any atom is 0.0701 e. The highest BCUT2D eigenvalue weighted by Crippen LogP contribution is 2.05. The van der Waals surface area contributed by atoms with E-state index in [0.717, 1.165) is 33.0 Å². The number of nitrogens with zero attached hydrogens (tertiary/aromatic N) is 1. The minimum Gasteiger partial charge on any atom is -0.379 e. The van der Waals surface area contributed by atoms with Crippen molar-refractivity contribution in [2.75, 3.05) is 46.1 Å². The number of ether oxygens (including phenoxy) is 2. The molecule has 0 aromatic carbocycles. The summed E-state index contributed by atoms with van der Waals surface area (Å²) in [5.74, 6) is 0. The topological polar surface area (TPSA) is 21.7 Å². The van der Waals surface area contributed by atoms with E-state index in [1.807, 2.05) is 0 Å². The van der Waals surface area contributed by atoms with E-state index in [1.165, 1.54) is 51.6 Å². The second kappa shape index (κ2) is 11.0. The van der Waals surface area contributed by atoms with Crippen LogP contribution in [-0.2, 0) is 9.47 Å². The third-order valence-corrected chi connectivity index (χ3v) is 3.26. The van der Waals surface area contributed by atoms with Crippen LogP contribution in [0.5, 0.6) is 0 Å². The smallest absolute Gasteiger partial charge is 0.0701 e. The molecule has 1 saturated heterocycles. The van der Waals surface area contributed by atoms with Crippen LogP contribution in [0.25, 0.3) is 0 Å². The van der Waals surface area contributed by atoms with Gasteiger partial charge in [-0.3, -0.25) is 0 Å². The summed E-state index contributed by atoms with van der Waals surface area (Å²) in [4.78, 5) is 2.48. The van der Waals surface area contributed by atoms with Crippen LogP contribution in [0.4, 0.5) is 0 Å². The van der Waals surface area contributed by atoms with Crippen molar-refractivity contribution in [1.82, 2.24) is 4.90 Å². The van der Waals surface area contributed by atoms with E-state index in [9.17, 15) is 0 Å². The van der Waals surface area contributed by atoms with Gasteiger partial charge in [-0.1, -0.05) is 26.2 Å². The Labute approximate surface area is 106 Å². The Kier molecular flexibility index (Phi) is 9.66. The van der Waals surface area contributed by atoms with Crippen LogP contribution < -0.4 is 0 Å². The molecule has 0 aliphatic carbocycles. The molecular weight excluding hydrogens is 214 g/mol. The molecule has 1 aliphatic heterocycles. The number of hydrogen-bond acceptors (Lipinski definition) is 3. The zero-order valence-electron chi connectivity index (χ0n) is 11.5. The first-order valence-corrected chi connectivity index (χ1v) is 7.31. The predicted molar refractivity (Wildman–Crippen MR) is 71.5 cm³/mol. The molecule has 1 rings (SSSR count). The molecule has 0 unspecified atom stereocenters. The Morgan fingerprint density at radius 3 is 2.24 bits per heavy atom. The minimum atomic E-state index is 0.752. The van der Waals surface area contributed by atoms with E-state index in [4.69, 9.17) is 9.47 Å². The first-order chi connectivity index (χ1) is 8.43. The first-order valence-electron chi connectivity index (χ1n) is 7.31. The molecule has 0 atom stereocenters. The van der Waals surface area contributed by atoms with Crippen molar-refractivity contribution < 1.29 is 9.47 Å². The van der Waals surface area contributed by atoms with Gasteiger partial charge in [0.2, 0.25) is 0 Å². The molecule has 1 fully saturated rings. The molecule has 0 spiro atoms. The Morgan fingerprint density at radius 1 is 0.824 bits per heavy atom. The molecule has 1 aliphatic rings. The molecule has 0 aromatic heterocycles. The van der Waals surface area contributed by atoms with Crippen LogP contribution in [0.3, 0.4) is 0 Å². The van der Waals surface area contributed by atoms with Crippen LogP contribution in [0.1, 0.15) is 45.4 Å². The Hall–Kier alpha value is -0.120. The van der Waals surface area contributed by atoms with Crippen molar-refractivity contribution in [1.29, 1.82) is 0 Å². The molecule has 0 saturated carbocycles. The van der Waals surface area contributed by atoms with Crippen LogP contribution in [0, 0.1) is 0 Å². The standard InChI is InChI=1S/C14H29NO2/c1-2-3-4-7-11-16-13-14-17-12-10-15-8-5-6-9-15/h2-14H2,1H3. The summed E-state index contributed by atoms with van der Waals surface area (Å²) in [5, 5.41) is 0. The van der Waals surface area contributed by atoms with E-state index in [2.05, 4.69) is 11.8 Å². The third kappa shape index (κ3) is 8.58. The number of hydrogen-bond donors (Lipinski definition) is 0. The fraction of sp³-hybridized carbons (Fsp3) is 1.00. The number of unbranched alkanes of at least 4 members (excludes halogenated alkanes) is 3. The lowest BCUT2D eigenvalue weighted by atomic mass is 10.2. The van der Waals surface area contributed by atoms with Gasteiger partial charge in [0, 0.05) is 13.2 Å². The van der Waals surface area contributed by atoms with E-state index in [0.29, 0.717) is 0 Å². The van der Waals surface area contributed by atoms with Crippen molar-refractivity contribution >= 4 is 0 Å². The highest BCUT2D eigenvalue weighted by Gasteiger charge is 2.09. The van der Waals surface area contributed by atoms with Crippen molar-refractivity contribution in [2.45, 2.75) is 45.4 Å². The first kappa shape index (κ1) is 14.9. The van der Waals surface area contributed by atoms with Crippen molar-refractivity contribution in [3.63, 3.8) is 0 Å². The number of rotatable bonds is 11. The average Bonchev–Trinajstić information content (AvgIpc) is 2.85. The van der Waals surface area contributed by atoms with Gasteiger partial charge in [0.15, 0.2) is 0 Å². The molecule has 3 heteroatoms. The van der Waals surface area contributed by atoms with Crippen LogP contribution >= 0.6 is 0 Å². The monoisotopic (exact) mass is 243 g/mol. The van der Waals surface area contributed by atoms with Gasteiger partial charge in [-0.25, -0.2) is 0 Å². The summed E-state index contributed by atoms with van der Waals surface area (Å²) in [6.07, 6.45) is 7.84. The van der Waals surface area contributed by atoms with Crippen LogP contribution in [-0.4, -0.2) is 51.0 Å². The van der Waals surface area contributed by atoms with Crippen LogP contribution in [0.2, 0.25) is 0 Å². The zero-order valence-corrected chi connectivity index (χ0v) is 11.5. The lowest BCUT2D eigenvalue weighted by Crippen LogP contribution is -2.24. The normalized spacial score (nSPS) is 16.8. The zero-order chi connectivity index (χ0) is 12.2. The second-order valence-electron chi connectivity index (χ2n) is 4.83. The fourth-order valence-electron chi connectivity index (χ4n) is 2.15. The predicted octanol–water partition coefficient (Wildman–Crippen LogP) is 2.70. The van der Waals surface area contributed by atoms with E-state index < -0.39 is 0 Å². The average molecular weight is 243 g/mol. The maximum absolute atomic E-state index is 5.56. The summed E-state index contributed by atoms with van der Waals surface area (Å²) >= 11 is 0. The maximum atomic E-state index is 5.56. The van der Waals surface area contributed by atoms with Gasteiger partial charge in [-0.15, -0.1) is 0 Å². The highest BCUT2D eigenvalue weighted by atomic mass is 16.5. The van der Waals surface area contributed by atoms with Crippen LogP contribution in [0.15, 0.2) is 0 Å². The third-order valence-electron chi connectivity index (χ3n) is 3.26. The highest BCUT2D eigenvalue weighted by molar-refractivity contribution is 4.64. The molecule has 0 N–H and O–H groups in total. The Bertz CT molecular complexity index is 158. The van der Waals surface area contributed by atoms with E-state index in [1.54, 1.807) is 0 Å². The lowest BCUT2D eigenvalue weighted by Gasteiger charge is -2.14. The van der Waals surface area contributed by atoms with Gasteiger partial charge in [-0.05, 0) is 32.4 Å². The van der Waals surface area contributed by atoms with Gasteiger partial charge < -0.3 is 14.4 Å². The molecule has 17 heavy (non-hydrogen) atoms. The number of likely N-dealkylation sites (tertiary alicyclic amines) is 1. The Balaban J connectivity index is 1.69. The molecule has 0 bridgehead atoms. The van der Waals surface area contributed by atoms with Gasteiger partial charge in [-0.2, -0.15) is 0 Å². The van der Waals surface area contributed by atoms with Crippen molar-refractivity contribution in [2.24, 2.45) is 0 Å². The quantitative estimate of drug-likeness (QED) is 0.521. The molecule has 0 amide bonds. The summed E-state index contributed by atoms with van der Waals surface area (Å²) in [5.41, 5.74) is 0. The lowest BCUT2D eigenvalue weighted by molar-refractivity contribution is 0.0395. The summed E-state index contributed by atoms with van der Waals surface area (Å²) in [7, 11) is 0. The molecule has 1 heterocycles. The summed E-state index contributed by atoms with van der Waals surface area (Å²) < 4.78 is 11.1. The van der Waals surface area contributed by atoms with Gasteiger partial charge in [0.1, 0.15) is 0 Å². The van der Waals surface area contributed by atoms with Gasteiger partial charge in [0.25, 0.3) is 0 Å². The molecule has 102 valence electrons. The SMILES string of the molecule is CCCCCCOCCOCCN1CCCC1. The second-order valence-corrected chi connectivity index (χ2v) is 4.83. The Morgan fingerprint density at radius 2 is 1.53 bits per heavy atom. The minimum absolute atomic E-state index is 0.752. The molecule has 3 nitrogen and oxygen atoms in total. The van der Waals surface area contributed by atoms with E-state index in [-0.39, 0.29) is 0 Å². The van der Waals surface area contributed by atoms with Gasteiger partial charge >= 0.3 is 0 Å². The van der Waals surface area contributed by atoms with Gasteiger partial charge in [0.05, 0.1) is 19.8 Å². The molecular formula is C14H29NO2. The largest absolute Gasteiger partial charge is 0.379 e. The summed E-state index contributed by atoms with van der Waals surface area (Å²) in [6.45, 7) is 9.11. The fourth-order valence-corrected chi connectivity index (χ4v) is 2.15.